The summed E-state index contributed by atoms with van der Waals surface area (Å²) >= 11 is 0. The molecule has 14 heavy (non-hydrogen) atoms. The van der Waals surface area contributed by atoms with E-state index in [0.29, 0.717) is 5.56 Å². The van der Waals surface area contributed by atoms with Crippen LogP contribution in [-0.2, 0) is 0 Å². The summed E-state index contributed by atoms with van der Waals surface area (Å²) in [6.45, 7) is 0. The minimum Gasteiger partial charge on any atom is -0.345 e. The van der Waals surface area contributed by atoms with Crippen LogP contribution < -0.4 is 0 Å². The Morgan fingerprint density at radius 2 is 1.93 bits per heavy atom. The van der Waals surface area contributed by atoms with Crippen LogP contribution in [0.5, 0.6) is 0 Å². The second-order valence-electron chi connectivity index (χ2n) is 2.63. The molecule has 0 saturated heterocycles. The quantitative estimate of drug-likeness (QED) is 0.777. The fourth-order valence-electron chi connectivity index (χ4n) is 1.13. The molecule has 2 aromatic rings. The predicted octanol–water partition coefficient (Wildman–Crippen LogP) is 2.37. The van der Waals surface area contributed by atoms with Gasteiger partial charge in [-0.2, -0.15) is 5.26 Å². The van der Waals surface area contributed by atoms with Crippen LogP contribution in [0.2, 0.25) is 0 Å². The summed E-state index contributed by atoms with van der Waals surface area (Å²) in [7, 11) is 0. The monoisotopic (exact) mass is 205 g/mol. The summed E-state index contributed by atoms with van der Waals surface area (Å²) in [4.78, 5) is 7.10. The molecule has 1 aromatic heterocycles. The Balaban J connectivity index is 0.000000980. The molecule has 3 nitrogen and oxygen atoms in total. The fraction of sp³-hybridized carbons (Fsp3) is 0. The molecule has 1 N–H and O–H groups in total. The number of aromatic amines is 1. The number of hydrogen-bond acceptors (Lipinski definition) is 2. The lowest BCUT2D eigenvalue weighted by Gasteiger charge is -1.95. The SMILES string of the molecule is Cl.N#Cc1ccc(-c2ncc[nH]2)cc1. The van der Waals surface area contributed by atoms with Gasteiger partial charge in [0.05, 0.1) is 11.6 Å². The molecule has 0 aliphatic rings. The van der Waals surface area contributed by atoms with Gasteiger partial charge in [0.2, 0.25) is 0 Å². The van der Waals surface area contributed by atoms with Crippen molar-refractivity contribution in [2.24, 2.45) is 0 Å². The van der Waals surface area contributed by atoms with Crippen LogP contribution in [0.3, 0.4) is 0 Å². The highest BCUT2D eigenvalue weighted by Crippen LogP contribution is 2.14. The molecule has 0 fully saturated rings. The average molecular weight is 206 g/mol. The van der Waals surface area contributed by atoms with Gasteiger partial charge < -0.3 is 4.98 Å². The molecule has 0 aliphatic carbocycles. The van der Waals surface area contributed by atoms with Crippen molar-refractivity contribution in [3.05, 3.63) is 42.2 Å². The van der Waals surface area contributed by atoms with E-state index >= 15 is 0 Å². The van der Waals surface area contributed by atoms with E-state index in [4.69, 9.17) is 5.26 Å². The maximum absolute atomic E-state index is 8.59. The molecule has 4 heteroatoms. The van der Waals surface area contributed by atoms with Crippen LogP contribution in [0.15, 0.2) is 36.7 Å². The van der Waals surface area contributed by atoms with Gasteiger partial charge in [0.15, 0.2) is 0 Å². The van der Waals surface area contributed by atoms with E-state index in [-0.39, 0.29) is 12.4 Å². The Labute approximate surface area is 87.8 Å². The summed E-state index contributed by atoms with van der Waals surface area (Å²) < 4.78 is 0. The summed E-state index contributed by atoms with van der Waals surface area (Å²) in [6.07, 6.45) is 3.47. The van der Waals surface area contributed by atoms with Crippen molar-refractivity contribution >= 4 is 12.4 Å². The zero-order valence-electron chi connectivity index (χ0n) is 7.27. The first-order chi connectivity index (χ1) is 6.40. The number of imidazole rings is 1. The zero-order valence-corrected chi connectivity index (χ0v) is 8.08. The number of nitrogens with one attached hydrogen (secondary N) is 1. The highest BCUT2D eigenvalue weighted by molar-refractivity contribution is 5.85. The molecule has 0 spiro atoms. The van der Waals surface area contributed by atoms with Gasteiger partial charge in [-0.05, 0) is 24.3 Å². The summed E-state index contributed by atoms with van der Waals surface area (Å²) in [6, 6.07) is 9.36. The lowest BCUT2D eigenvalue weighted by Crippen LogP contribution is -1.80. The first kappa shape index (κ1) is 10.3. The van der Waals surface area contributed by atoms with E-state index in [1.165, 1.54) is 0 Å². The van der Waals surface area contributed by atoms with Crippen LogP contribution in [-0.4, -0.2) is 9.97 Å². The highest BCUT2D eigenvalue weighted by Gasteiger charge is 1.98. The van der Waals surface area contributed by atoms with Gasteiger partial charge in [-0.25, -0.2) is 4.98 Å². The van der Waals surface area contributed by atoms with Crippen molar-refractivity contribution in [1.82, 2.24) is 9.97 Å². The molecule has 0 atom stereocenters. The van der Waals surface area contributed by atoms with Crippen LogP contribution >= 0.6 is 12.4 Å². The second kappa shape index (κ2) is 4.45. The number of rotatable bonds is 1. The van der Waals surface area contributed by atoms with Gasteiger partial charge in [-0.15, -0.1) is 12.4 Å². The smallest absolute Gasteiger partial charge is 0.137 e. The minimum absolute atomic E-state index is 0. The maximum Gasteiger partial charge on any atom is 0.137 e. The number of hydrogen-bond donors (Lipinski definition) is 1. The van der Waals surface area contributed by atoms with Gasteiger partial charge in [0, 0.05) is 18.0 Å². The molecule has 70 valence electrons. The Bertz CT molecular complexity index is 425. The molecule has 0 saturated carbocycles. The van der Waals surface area contributed by atoms with Crippen LogP contribution in [0, 0.1) is 11.3 Å². The first-order valence-corrected chi connectivity index (χ1v) is 3.90. The van der Waals surface area contributed by atoms with E-state index in [0.717, 1.165) is 11.4 Å². The van der Waals surface area contributed by atoms with Crippen molar-refractivity contribution in [3.8, 4) is 17.5 Å². The highest BCUT2D eigenvalue weighted by atomic mass is 35.5. The third kappa shape index (κ3) is 1.93. The molecular formula is C10H8ClN3. The van der Waals surface area contributed by atoms with E-state index in [2.05, 4.69) is 16.0 Å². The number of nitriles is 1. The molecule has 0 bridgehead atoms. The van der Waals surface area contributed by atoms with Crippen molar-refractivity contribution in [2.75, 3.05) is 0 Å². The topological polar surface area (TPSA) is 52.5 Å². The third-order valence-electron chi connectivity index (χ3n) is 1.79. The Hall–Kier alpha value is -1.79. The number of aromatic nitrogens is 2. The average Bonchev–Trinajstić information content (AvgIpc) is 2.71. The molecular weight excluding hydrogens is 198 g/mol. The predicted molar refractivity (Wildman–Crippen MR) is 56.0 cm³/mol. The largest absolute Gasteiger partial charge is 0.345 e. The molecule has 1 aromatic carbocycles. The molecule has 0 unspecified atom stereocenters. The lowest BCUT2D eigenvalue weighted by molar-refractivity contribution is 1.31. The normalized spacial score (nSPS) is 8.79. The summed E-state index contributed by atoms with van der Waals surface area (Å²) in [5.74, 6) is 0.824. The number of H-pyrrole nitrogens is 1. The first-order valence-electron chi connectivity index (χ1n) is 3.90. The van der Waals surface area contributed by atoms with E-state index in [1.54, 1.807) is 24.5 Å². The minimum atomic E-state index is 0. The molecule has 1 heterocycles. The summed E-state index contributed by atoms with van der Waals surface area (Å²) in [5.41, 5.74) is 1.65. The van der Waals surface area contributed by atoms with E-state index in [9.17, 15) is 0 Å². The van der Waals surface area contributed by atoms with Crippen LogP contribution in [0.4, 0.5) is 0 Å². The molecule has 0 amide bonds. The Morgan fingerprint density at radius 1 is 1.21 bits per heavy atom. The number of halogens is 1. The zero-order chi connectivity index (χ0) is 9.10. The van der Waals surface area contributed by atoms with Gasteiger partial charge >= 0.3 is 0 Å². The van der Waals surface area contributed by atoms with Gasteiger partial charge in [0.1, 0.15) is 5.82 Å². The van der Waals surface area contributed by atoms with Gasteiger partial charge in [-0.1, -0.05) is 0 Å². The van der Waals surface area contributed by atoms with Crippen molar-refractivity contribution < 1.29 is 0 Å². The molecule has 2 rings (SSSR count). The summed E-state index contributed by atoms with van der Waals surface area (Å²) in [5, 5.41) is 8.59. The van der Waals surface area contributed by atoms with Crippen LogP contribution in [0.1, 0.15) is 5.56 Å². The molecule has 0 radical (unpaired) electrons. The lowest BCUT2D eigenvalue weighted by atomic mass is 10.1. The maximum atomic E-state index is 8.59. The fourth-order valence-corrected chi connectivity index (χ4v) is 1.13. The van der Waals surface area contributed by atoms with E-state index < -0.39 is 0 Å². The standard InChI is InChI=1S/C10H7N3.ClH/c11-7-8-1-3-9(4-2-8)10-12-5-6-13-10;/h1-6H,(H,12,13);1H. The van der Waals surface area contributed by atoms with Crippen molar-refractivity contribution in [3.63, 3.8) is 0 Å². The molecule has 0 aliphatic heterocycles. The van der Waals surface area contributed by atoms with E-state index in [1.807, 2.05) is 12.1 Å². The van der Waals surface area contributed by atoms with Gasteiger partial charge in [0.25, 0.3) is 0 Å². The Morgan fingerprint density at radius 3 is 2.43 bits per heavy atom. The second-order valence-corrected chi connectivity index (χ2v) is 2.63. The van der Waals surface area contributed by atoms with Crippen LogP contribution in [0.25, 0.3) is 11.4 Å². The third-order valence-corrected chi connectivity index (χ3v) is 1.79. The van der Waals surface area contributed by atoms with Gasteiger partial charge in [-0.3, -0.25) is 0 Å². The van der Waals surface area contributed by atoms with Crippen molar-refractivity contribution in [1.29, 1.82) is 5.26 Å². The van der Waals surface area contributed by atoms with Crippen molar-refractivity contribution in [2.45, 2.75) is 0 Å². The Kier molecular flexibility index (Phi) is 3.27. The number of benzene rings is 1. The number of nitrogens with zero attached hydrogens (tertiary/aromatic N) is 2.